The molecular formula is C14H22N2O4S. The molecule has 0 heterocycles. The molecule has 0 aliphatic heterocycles. The van der Waals surface area contributed by atoms with E-state index in [2.05, 4.69) is 9.62 Å². The van der Waals surface area contributed by atoms with Crippen molar-refractivity contribution in [3.63, 3.8) is 0 Å². The second-order valence-corrected chi connectivity index (χ2v) is 6.99. The van der Waals surface area contributed by atoms with Crippen molar-refractivity contribution in [2.24, 2.45) is 0 Å². The fourth-order valence-electron chi connectivity index (χ4n) is 2.16. The normalized spacial score (nSPS) is 15.4. The van der Waals surface area contributed by atoms with Gasteiger partial charge >= 0.3 is 0 Å². The number of ether oxygens (including phenoxy) is 1. The molecule has 1 aliphatic rings. The van der Waals surface area contributed by atoms with Crippen molar-refractivity contribution < 1.29 is 18.3 Å². The van der Waals surface area contributed by atoms with E-state index in [4.69, 9.17) is 9.84 Å². The second kappa shape index (κ2) is 6.74. The Hall–Kier alpha value is -1.15. The lowest BCUT2D eigenvalue weighted by atomic mass is 10.2. The molecule has 0 spiro atoms. The Morgan fingerprint density at radius 3 is 2.71 bits per heavy atom. The maximum atomic E-state index is 12.4. The van der Waals surface area contributed by atoms with E-state index in [1.807, 2.05) is 7.05 Å². The van der Waals surface area contributed by atoms with Gasteiger partial charge in [-0.1, -0.05) is 6.07 Å². The number of aliphatic hydroxyl groups is 1. The van der Waals surface area contributed by atoms with Gasteiger partial charge in [0, 0.05) is 19.1 Å². The molecule has 118 valence electrons. The first-order chi connectivity index (χ1) is 9.97. The SMILES string of the molecule is COc1ccc(CO)cc1S(=O)(=O)NCCN(C)C1CC1. The zero-order valence-electron chi connectivity index (χ0n) is 12.4. The van der Waals surface area contributed by atoms with Gasteiger partial charge in [0.2, 0.25) is 10.0 Å². The molecule has 0 aromatic heterocycles. The maximum Gasteiger partial charge on any atom is 0.244 e. The van der Waals surface area contributed by atoms with E-state index in [9.17, 15) is 8.42 Å². The Morgan fingerprint density at radius 2 is 2.14 bits per heavy atom. The molecule has 0 bridgehead atoms. The minimum Gasteiger partial charge on any atom is -0.495 e. The molecule has 2 N–H and O–H groups in total. The van der Waals surface area contributed by atoms with Crippen LogP contribution in [-0.2, 0) is 16.6 Å². The summed E-state index contributed by atoms with van der Waals surface area (Å²) >= 11 is 0. The molecule has 6 nitrogen and oxygen atoms in total. The first-order valence-electron chi connectivity index (χ1n) is 6.95. The quantitative estimate of drug-likeness (QED) is 0.733. The number of likely N-dealkylation sites (N-methyl/N-ethyl adjacent to an activating group) is 1. The van der Waals surface area contributed by atoms with Crippen LogP contribution in [0.15, 0.2) is 23.1 Å². The minimum absolute atomic E-state index is 0.0608. The summed E-state index contributed by atoms with van der Waals surface area (Å²) in [5.74, 6) is 0.273. The van der Waals surface area contributed by atoms with Crippen molar-refractivity contribution in [2.45, 2.75) is 30.4 Å². The molecule has 0 unspecified atom stereocenters. The first kappa shape index (κ1) is 16.2. The van der Waals surface area contributed by atoms with Gasteiger partial charge in [0.15, 0.2) is 0 Å². The van der Waals surface area contributed by atoms with E-state index in [-0.39, 0.29) is 17.3 Å². The van der Waals surface area contributed by atoms with Crippen LogP contribution in [0.4, 0.5) is 0 Å². The van der Waals surface area contributed by atoms with E-state index in [0.29, 0.717) is 24.7 Å². The smallest absolute Gasteiger partial charge is 0.244 e. The van der Waals surface area contributed by atoms with Gasteiger partial charge in [-0.3, -0.25) is 0 Å². The van der Waals surface area contributed by atoms with Crippen molar-refractivity contribution in [3.05, 3.63) is 23.8 Å². The number of hydrogen-bond donors (Lipinski definition) is 2. The third kappa shape index (κ3) is 4.16. The summed E-state index contributed by atoms with van der Waals surface area (Å²) in [6.07, 6.45) is 2.38. The molecule has 1 aliphatic carbocycles. The molecule has 1 saturated carbocycles. The lowest BCUT2D eigenvalue weighted by Crippen LogP contribution is -2.34. The summed E-state index contributed by atoms with van der Waals surface area (Å²) in [6.45, 7) is 0.810. The average molecular weight is 314 g/mol. The highest BCUT2D eigenvalue weighted by molar-refractivity contribution is 7.89. The van der Waals surface area contributed by atoms with Crippen molar-refractivity contribution in [3.8, 4) is 5.75 Å². The Morgan fingerprint density at radius 1 is 1.43 bits per heavy atom. The monoisotopic (exact) mass is 314 g/mol. The highest BCUT2D eigenvalue weighted by Gasteiger charge is 2.26. The van der Waals surface area contributed by atoms with Crippen LogP contribution in [0.2, 0.25) is 0 Å². The minimum atomic E-state index is -3.65. The van der Waals surface area contributed by atoms with E-state index in [0.717, 1.165) is 0 Å². The molecule has 0 radical (unpaired) electrons. The molecule has 0 amide bonds. The molecule has 1 aromatic carbocycles. The number of aliphatic hydroxyl groups excluding tert-OH is 1. The van der Waals surface area contributed by atoms with Gasteiger partial charge in [-0.15, -0.1) is 0 Å². The van der Waals surface area contributed by atoms with Gasteiger partial charge in [-0.25, -0.2) is 13.1 Å². The van der Waals surface area contributed by atoms with Crippen LogP contribution in [0.25, 0.3) is 0 Å². The van der Waals surface area contributed by atoms with Crippen LogP contribution in [0.1, 0.15) is 18.4 Å². The number of nitrogens with zero attached hydrogens (tertiary/aromatic N) is 1. The largest absolute Gasteiger partial charge is 0.495 e. The average Bonchev–Trinajstić information content (AvgIpc) is 3.31. The summed E-state index contributed by atoms with van der Waals surface area (Å²) in [5, 5.41) is 9.15. The van der Waals surface area contributed by atoms with Gasteiger partial charge < -0.3 is 14.7 Å². The lowest BCUT2D eigenvalue weighted by molar-refractivity contribution is 0.281. The summed E-state index contributed by atoms with van der Waals surface area (Å²) in [5.41, 5.74) is 0.534. The number of rotatable bonds is 8. The number of methoxy groups -OCH3 is 1. The molecule has 1 fully saturated rings. The van der Waals surface area contributed by atoms with Crippen LogP contribution in [0.5, 0.6) is 5.75 Å². The second-order valence-electron chi connectivity index (χ2n) is 5.25. The molecule has 1 aromatic rings. The number of nitrogens with one attached hydrogen (secondary N) is 1. The van der Waals surface area contributed by atoms with Crippen molar-refractivity contribution in [1.29, 1.82) is 0 Å². The van der Waals surface area contributed by atoms with Crippen LogP contribution in [-0.4, -0.2) is 51.7 Å². The van der Waals surface area contributed by atoms with Gasteiger partial charge in [0.05, 0.1) is 13.7 Å². The predicted molar refractivity (Wildman–Crippen MR) is 79.8 cm³/mol. The molecule has 2 rings (SSSR count). The van der Waals surface area contributed by atoms with Crippen LogP contribution in [0, 0.1) is 0 Å². The highest BCUT2D eigenvalue weighted by Crippen LogP contribution is 2.26. The fraction of sp³-hybridized carbons (Fsp3) is 0.571. The van der Waals surface area contributed by atoms with Gasteiger partial charge in [0.25, 0.3) is 0 Å². The van der Waals surface area contributed by atoms with Crippen LogP contribution < -0.4 is 9.46 Å². The van der Waals surface area contributed by atoms with E-state index in [1.54, 1.807) is 12.1 Å². The Kier molecular flexibility index (Phi) is 5.21. The summed E-state index contributed by atoms with van der Waals surface area (Å²) in [7, 11) is -0.226. The number of sulfonamides is 1. The van der Waals surface area contributed by atoms with Gasteiger partial charge in [-0.2, -0.15) is 0 Å². The molecule has 0 saturated heterocycles. The van der Waals surface area contributed by atoms with E-state index >= 15 is 0 Å². The topological polar surface area (TPSA) is 78.9 Å². The summed E-state index contributed by atoms with van der Waals surface area (Å²) < 4.78 is 32.4. The molecule has 21 heavy (non-hydrogen) atoms. The highest BCUT2D eigenvalue weighted by atomic mass is 32.2. The lowest BCUT2D eigenvalue weighted by Gasteiger charge is -2.16. The van der Waals surface area contributed by atoms with E-state index in [1.165, 1.54) is 26.0 Å². The number of hydrogen-bond acceptors (Lipinski definition) is 5. The standard InChI is InChI=1S/C14H22N2O4S/c1-16(12-4-5-12)8-7-15-21(18,19)14-9-11(10-17)3-6-13(14)20-2/h3,6,9,12,15,17H,4-5,7-8,10H2,1-2H3. The first-order valence-corrected chi connectivity index (χ1v) is 8.44. The maximum absolute atomic E-state index is 12.4. The van der Waals surface area contributed by atoms with Crippen molar-refractivity contribution in [2.75, 3.05) is 27.2 Å². The number of benzene rings is 1. The molecule has 7 heteroatoms. The van der Waals surface area contributed by atoms with Gasteiger partial charge in [0.1, 0.15) is 10.6 Å². The zero-order valence-corrected chi connectivity index (χ0v) is 13.2. The molecule has 0 atom stereocenters. The Bertz CT molecular complexity index is 585. The third-order valence-electron chi connectivity index (χ3n) is 3.63. The third-order valence-corrected chi connectivity index (χ3v) is 5.11. The van der Waals surface area contributed by atoms with Crippen LogP contribution >= 0.6 is 0 Å². The van der Waals surface area contributed by atoms with E-state index < -0.39 is 10.0 Å². The zero-order chi connectivity index (χ0) is 15.5. The predicted octanol–water partition coefficient (Wildman–Crippen LogP) is 0.560. The van der Waals surface area contributed by atoms with Crippen LogP contribution in [0.3, 0.4) is 0 Å². The summed E-state index contributed by atoms with van der Waals surface area (Å²) in [4.78, 5) is 2.22. The summed E-state index contributed by atoms with van der Waals surface area (Å²) in [6, 6.07) is 5.22. The molecular weight excluding hydrogens is 292 g/mol. The van der Waals surface area contributed by atoms with Crippen molar-refractivity contribution >= 4 is 10.0 Å². The van der Waals surface area contributed by atoms with Gasteiger partial charge in [-0.05, 0) is 37.6 Å². The Labute approximate surface area is 125 Å². The van der Waals surface area contributed by atoms with Crippen molar-refractivity contribution in [1.82, 2.24) is 9.62 Å². The Balaban J connectivity index is 2.06. The fourth-order valence-corrected chi connectivity index (χ4v) is 3.40.